The zero-order chi connectivity index (χ0) is 18.6. The van der Waals surface area contributed by atoms with Crippen molar-refractivity contribution in [2.24, 2.45) is 0 Å². The first-order valence-electron chi connectivity index (χ1n) is 8.46. The molecular weight excluding hydrogens is 364 g/mol. The third-order valence-corrected chi connectivity index (χ3v) is 6.89. The Labute approximate surface area is 154 Å². The molecule has 140 valence electrons. The number of amides is 1. The first-order chi connectivity index (χ1) is 11.8. The van der Waals surface area contributed by atoms with Crippen LogP contribution in [0.4, 0.5) is 0 Å². The van der Waals surface area contributed by atoms with E-state index in [1.54, 1.807) is 25.9 Å². The summed E-state index contributed by atoms with van der Waals surface area (Å²) in [5, 5.41) is 0.253. The largest absolute Gasteiger partial charge is 0.380 e. The van der Waals surface area contributed by atoms with Gasteiger partial charge in [-0.2, -0.15) is 4.31 Å². The second kappa shape index (κ2) is 8.49. The highest BCUT2D eigenvalue weighted by Gasteiger charge is 2.28. The summed E-state index contributed by atoms with van der Waals surface area (Å²) in [5.74, 6) is -0.261. The smallest absolute Gasteiger partial charge is 0.255 e. The highest BCUT2D eigenvalue weighted by Crippen LogP contribution is 2.25. The lowest BCUT2D eigenvalue weighted by atomic mass is 10.1. The number of methoxy groups -OCH3 is 1. The SMILES string of the molecule is CCN(CC)S(=O)(=O)c1ccc(Cl)c(C(=O)N2CCCC(OC)C2)c1. The minimum Gasteiger partial charge on any atom is -0.380 e. The van der Waals surface area contributed by atoms with Crippen molar-refractivity contribution in [3.8, 4) is 0 Å². The molecule has 1 saturated heterocycles. The van der Waals surface area contributed by atoms with Gasteiger partial charge in [0.2, 0.25) is 10.0 Å². The summed E-state index contributed by atoms with van der Waals surface area (Å²) in [4.78, 5) is 14.6. The average Bonchev–Trinajstić information content (AvgIpc) is 2.62. The number of ether oxygens (including phenoxy) is 1. The Morgan fingerprint density at radius 1 is 1.36 bits per heavy atom. The van der Waals surface area contributed by atoms with Crippen molar-refractivity contribution in [3.63, 3.8) is 0 Å². The van der Waals surface area contributed by atoms with Gasteiger partial charge in [0.05, 0.1) is 21.6 Å². The zero-order valence-electron chi connectivity index (χ0n) is 14.9. The number of likely N-dealkylation sites (tertiary alicyclic amines) is 1. The van der Waals surface area contributed by atoms with Crippen molar-refractivity contribution in [1.82, 2.24) is 9.21 Å². The molecule has 2 rings (SSSR count). The van der Waals surface area contributed by atoms with Gasteiger partial charge in [-0.1, -0.05) is 25.4 Å². The molecule has 0 radical (unpaired) electrons. The number of rotatable bonds is 6. The number of benzene rings is 1. The van der Waals surface area contributed by atoms with Crippen molar-refractivity contribution in [2.45, 2.75) is 37.7 Å². The van der Waals surface area contributed by atoms with E-state index in [-0.39, 0.29) is 27.5 Å². The van der Waals surface area contributed by atoms with E-state index in [0.717, 1.165) is 12.8 Å². The minimum atomic E-state index is -3.64. The molecule has 1 heterocycles. The average molecular weight is 389 g/mol. The third kappa shape index (κ3) is 4.34. The van der Waals surface area contributed by atoms with Crippen LogP contribution in [0.1, 0.15) is 37.0 Å². The molecule has 1 aromatic rings. The van der Waals surface area contributed by atoms with E-state index in [4.69, 9.17) is 16.3 Å². The second-order valence-electron chi connectivity index (χ2n) is 5.98. The standard InChI is InChI=1S/C17H25ClN2O4S/c1-4-20(5-2)25(22,23)14-8-9-16(18)15(11-14)17(21)19-10-6-7-13(12-19)24-3/h8-9,11,13H,4-7,10,12H2,1-3H3. The summed E-state index contributed by atoms with van der Waals surface area (Å²) < 4.78 is 32.1. The summed E-state index contributed by atoms with van der Waals surface area (Å²) in [5.41, 5.74) is 0.214. The Bertz CT molecular complexity index is 719. The number of carbonyl (C=O) groups is 1. The lowest BCUT2D eigenvalue weighted by molar-refractivity contribution is 0.0269. The Kier molecular flexibility index (Phi) is 6.85. The van der Waals surface area contributed by atoms with Crippen LogP contribution < -0.4 is 0 Å². The van der Waals surface area contributed by atoms with Crippen LogP contribution in [0.5, 0.6) is 0 Å². The van der Waals surface area contributed by atoms with Gasteiger partial charge in [0.15, 0.2) is 0 Å². The van der Waals surface area contributed by atoms with Crippen LogP contribution in [0, 0.1) is 0 Å². The molecule has 1 aliphatic heterocycles. The van der Waals surface area contributed by atoms with Gasteiger partial charge in [-0.3, -0.25) is 4.79 Å². The van der Waals surface area contributed by atoms with Crippen LogP contribution in [-0.2, 0) is 14.8 Å². The van der Waals surface area contributed by atoms with Gasteiger partial charge in [0.1, 0.15) is 0 Å². The summed E-state index contributed by atoms with van der Waals surface area (Å²) in [6.45, 7) is 5.39. The molecule has 25 heavy (non-hydrogen) atoms. The maximum Gasteiger partial charge on any atom is 0.255 e. The molecule has 6 nitrogen and oxygen atoms in total. The van der Waals surface area contributed by atoms with Gasteiger partial charge >= 0.3 is 0 Å². The van der Waals surface area contributed by atoms with Crippen LogP contribution in [0.25, 0.3) is 0 Å². The molecule has 0 aliphatic carbocycles. The molecular formula is C17H25ClN2O4S. The maximum atomic E-state index is 12.8. The predicted molar refractivity (Wildman–Crippen MR) is 97.5 cm³/mol. The lowest BCUT2D eigenvalue weighted by Gasteiger charge is -2.32. The van der Waals surface area contributed by atoms with E-state index in [1.165, 1.54) is 22.5 Å². The number of hydrogen-bond donors (Lipinski definition) is 0. The molecule has 1 amide bonds. The van der Waals surface area contributed by atoms with Crippen LogP contribution in [0.2, 0.25) is 5.02 Å². The van der Waals surface area contributed by atoms with Gasteiger partial charge in [-0.15, -0.1) is 0 Å². The van der Waals surface area contributed by atoms with E-state index < -0.39 is 10.0 Å². The topological polar surface area (TPSA) is 66.9 Å². The molecule has 1 unspecified atom stereocenters. The molecule has 0 aromatic heterocycles. The molecule has 1 atom stereocenters. The fraction of sp³-hybridized carbons (Fsp3) is 0.588. The lowest BCUT2D eigenvalue weighted by Crippen LogP contribution is -2.43. The molecule has 0 bridgehead atoms. The highest BCUT2D eigenvalue weighted by molar-refractivity contribution is 7.89. The maximum absolute atomic E-state index is 12.8. The first-order valence-corrected chi connectivity index (χ1v) is 10.3. The summed E-state index contributed by atoms with van der Waals surface area (Å²) in [7, 11) is -2.01. The fourth-order valence-corrected chi connectivity index (χ4v) is 4.71. The monoisotopic (exact) mass is 388 g/mol. The van der Waals surface area contributed by atoms with Gasteiger partial charge in [-0.05, 0) is 31.0 Å². The van der Waals surface area contributed by atoms with Crippen LogP contribution in [-0.4, -0.2) is 62.9 Å². The van der Waals surface area contributed by atoms with Crippen LogP contribution in [0.3, 0.4) is 0 Å². The second-order valence-corrected chi connectivity index (χ2v) is 8.33. The van der Waals surface area contributed by atoms with Crippen molar-refractivity contribution < 1.29 is 17.9 Å². The molecule has 1 aromatic carbocycles. The van der Waals surface area contributed by atoms with E-state index in [9.17, 15) is 13.2 Å². The molecule has 0 spiro atoms. The molecule has 0 saturated carbocycles. The molecule has 1 aliphatic rings. The summed E-state index contributed by atoms with van der Waals surface area (Å²) >= 11 is 6.19. The number of hydrogen-bond acceptors (Lipinski definition) is 4. The van der Waals surface area contributed by atoms with Gasteiger partial charge < -0.3 is 9.64 Å². The third-order valence-electron chi connectivity index (χ3n) is 4.51. The quantitative estimate of drug-likeness (QED) is 0.751. The Balaban J connectivity index is 2.34. The Morgan fingerprint density at radius 2 is 2.04 bits per heavy atom. The fourth-order valence-electron chi connectivity index (χ4n) is 3.03. The number of halogens is 1. The first kappa shape index (κ1) is 20.2. The number of piperidine rings is 1. The molecule has 8 heteroatoms. The molecule has 1 fully saturated rings. The van der Waals surface area contributed by atoms with Crippen molar-refractivity contribution in [3.05, 3.63) is 28.8 Å². The van der Waals surface area contributed by atoms with E-state index in [1.807, 2.05) is 0 Å². The van der Waals surface area contributed by atoms with Crippen LogP contribution >= 0.6 is 11.6 Å². The van der Waals surface area contributed by atoms with Crippen LogP contribution in [0.15, 0.2) is 23.1 Å². The predicted octanol–water partition coefficient (Wildman–Crippen LogP) is 2.62. The van der Waals surface area contributed by atoms with Crippen molar-refractivity contribution >= 4 is 27.5 Å². The minimum absolute atomic E-state index is 0.000866. The van der Waals surface area contributed by atoms with E-state index >= 15 is 0 Å². The van der Waals surface area contributed by atoms with E-state index in [2.05, 4.69) is 0 Å². The molecule has 0 N–H and O–H groups in total. The number of sulfonamides is 1. The van der Waals surface area contributed by atoms with E-state index in [0.29, 0.717) is 26.2 Å². The summed E-state index contributed by atoms with van der Waals surface area (Å²) in [6, 6.07) is 4.30. The Hall–Kier alpha value is -1.15. The van der Waals surface area contributed by atoms with Gasteiger partial charge in [-0.25, -0.2) is 8.42 Å². The van der Waals surface area contributed by atoms with Crippen molar-refractivity contribution in [1.29, 1.82) is 0 Å². The normalized spacial score (nSPS) is 18.6. The number of nitrogens with zero attached hydrogens (tertiary/aromatic N) is 2. The van der Waals surface area contributed by atoms with Gasteiger partial charge in [0, 0.05) is 33.3 Å². The van der Waals surface area contributed by atoms with Gasteiger partial charge in [0.25, 0.3) is 5.91 Å². The van der Waals surface area contributed by atoms with Crippen molar-refractivity contribution in [2.75, 3.05) is 33.3 Å². The Morgan fingerprint density at radius 3 is 2.64 bits per heavy atom. The number of carbonyl (C=O) groups excluding carboxylic acids is 1. The highest BCUT2D eigenvalue weighted by atomic mass is 35.5. The summed E-state index contributed by atoms with van der Waals surface area (Å²) in [6.07, 6.45) is 1.75. The zero-order valence-corrected chi connectivity index (χ0v) is 16.4.